The molecule has 1 aliphatic heterocycles. The molecule has 0 amide bonds. The van der Waals surface area contributed by atoms with Gasteiger partial charge in [-0.2, -0.15) is 11.8 Å². The van der Waals surface area contributed by atoms with Gasteiger partial charge in [0.15, 0.2) is 0 Å². The van der Waals surface area contributed by atoms with Crippen molar-refractivity contribution >= 4 is 11.8 Å². The Kier molecular flexibility index (Phi) is 7.09. The molecule has 1 aromatic rings. The highest BCUT2D eigenvalue weighted by atomic mass is 32.2. The first-order valence-electron chi connectivity index (χ1n) is 7.43. The van der Waals surface area contributed by atoms with E-state index in [4.69, 9.17) is 14.2 Å². The van der Waals surface area contributed by atoms with E-state index in [1.54, 1.807) is 0 Å². The van der Waals surface area contributed by atoms with Crippen molar-refractivity contribution in [1.29, 1.82) is 0 Å². The molecule has 0 radical (unpaired) electrons. The largest absolute Gasteiger partial charge is 0.494 e. The van der Waals surface area contributed by atoms with Crippen LogP contribution in [0.4, 0.5) is 0 Å². The summed E-state index contributed by atoms with van der Waals surface area (Å²) in [6.07, 6.45) is 3.93. The van der Waals surface area contributed by atoms with Crippen molar-refractivity contribution in [2.45, 2.75) is 32.3 Å². The van der Waals surface area contributed by atoms with Crippen LogP contribution in [0.1, 0.15) is 26.2 Å². The van der Waals surface area contributed by atoms with Crippen LogP contribution < -0.4 is 9.47 Å². The third-order valence-electron chi connectivity index (χ3n) is 3.12. The summed E-state index contributed by atoms with van der Waals surface area (Å²) < 4.78 is 16.8. The van der Waals surface area contributed by atoms with Crippen LogP contribution in [0.15, 0.2) is 24.3 Å². The summed E-state index contributed by atoms with van der Waals surface area (Å²) in [5.74, 6) is 3.92. The van der Waals surface area contributed by atoms with E-state index in [0.717, 1.165) is 49.2 Å². The molecule has 1 fully saturated rings. The molecule has 1 aromatic carbocycles. The smallest absolute Gasteiger partial charge is 0.119 e. The predicted molar refractivity (Wildman–Crippen MR) is 84.0 cm³/mol. The van der Waals surface area contributed by atoms with Crippen LogP contribution in [0.5, 0.6) is 11.5 Å². The van der Waals surface area contributed by atoms with Gasteiger partial charge in [0, 0.05) is 18.1 Å². The highest BCUT2D eigenvalue weighted by molar-refractivity contribution is 7.99. The quantitative estimate of drug-likeness (QED) is 0.648. The molecule has 112 valence electrons. The summed E-state index contributed by atoms with van der Waals surface area (Å²) in [7, 11) is 0. The second-order valence-corrected chi connectivity index (χ2v) is 6.03. The molecule has 4 heteroatoms. The zero-order valence-corrected chi connectivity index (χ0v) is 13.0. The van der Waals surface area contributed by atoms with E-state index in [1.165, 1.54) is 12.8 Å². The molecule has 20 heavy (non-hydrogen) atoms. The van der Waals surface area contributed by atoms with Gasteiger partial charge in [-0.15, -0.1) is 0 Å². The van der Waals surface area contributed by atoms with Crippen LogP contribution >= 0.6 is 11.8 Å². The van der Waals surface area contributed by atoms with Gasteiger partial charge in [-0.3, -0.25) is 0 Å². The molecular weight excluding hydrogens is 272 g/mol. The second kappa shape index (κ2) is 9.14. The maximum Gasteiger partial charge on any atom is 0.119 e. The summed E-state index contributed by atoms with van der Waals surface area (Å²) in [5, 5.41) is 0. The molecule has 0 bridgehead atoms. The van der Waals surface area contributed by atoms with Gasteiger partial charge in [-0.25, -0.2) is 0 Å². The molecule has 1 aliphatic rings. The summed E-state index contributed by atoms with van der Waals surface area (Å²) in [6, 6.07) is 7.86. The summed E-state index contributed by atoms with van der Waals surface area (Å²) in [6.45, 7) is 4.55. The van der Waals surface area contributed by atoms with Gasteiger partial charge in [-0.1, -0.05) is 6.92 Å². The molecule has 1 unspecified atom stereocenters. The Bertz CT molecular complexity index is 360. The van der Waals surface area contributed by atoms with Gasteiger partial charge < -0.3 is 14.2 Å². The van der Waals surface area contributed by atoms with Crippen LogP contribution in [-0.4, -0.2) is 37.4 Å². The summed E-state index contributed by atoms with van der Waals surface area (Å²) in [5.41, 5.74) is 0. The third-order valence-corrected chi connectivity index (χ3v) is 4.18. The minimum Gasteiger partial charge on any atom is -0.494 e. The minimum atomic E-state index is 0.468. The average molecular weight is 296 g/mol. The minimum absolute atomic E-state index is 0.468. The second-order valence-electron chi connectivity index (χ2n) is 4.88. The molecule has 0 N–H and O–H groups in total. The first-order chi connectivity index (χ1) is 9.88. The molecule has 0 saturated carbocycles. The zero-order valence-electron chi connectivity index (χ0n) is 12.2. The Morgan fingerprint density at radius 3 is 2.45 bits per heavy atom. The van der Waals surface area contributed by atoms with Crippen LogP contribution in [0, 0.1) is 0 Å². The van der Waals surface area contributed by atoms with Crippen molar-refractivity contribution in [2.24, 2.45) is 0 Å². The number of hydrogen-bond donors (Lipinski definition) is 0. The highest BCUT2D eigenvalue weighted by Gasteiger charge is 2.14. The molecule has 1 heterocycles. The van der Waals surface area contributed by atoms with Gasteiger partial charge in [0.2, 0.25) is 0 Å². The number of benzene rings is 1. The van der Waals surface area contributed by atoms with Crippen molar-refractivity contribution in [2.75, 3.05) is 31.3 Å². The van der Waals surface area contributed by atoms with Gasteiger partial charge in [0.05, 0.1) is 19.3 Å². The maximum atomic E-state index is 5.71. The monoisotopic (exact) mass is 296 g/mol. The van der Waals surface area contributed by atoms with Crippen molar-refractivity contribution in [3.63, 3.8) is 0 Å². The average Bonchev–Trinajstić information content (AvgIpc) is 2.99. The third kappa shape index (κ3) is 5.63. The van der Waals surface area contributed by atoms with E-state index >= 15 is 0 Å². The fourth-order valence-corrected chi connectivity index (χ4v) is 2.95. The topological polar surface area (TPSA) is 27.7 Å². The number of hydrogen-bond acceptors (Lipinski definition) is 4. The summed E-state index contributed by atoms with van der Waals surface area (Å²) in [4.78, 5) is 0. The number of rotatable bonds is 9. The van der Waals surface area contributed by atoms with Crippen LogP contribution in [0.25, 0.3) is 0 Å². The first kappa shape index (κ1) is 15.5. The van der Waals surface area contributed by atoms with E-state index in [-0.39, 0.29) is 0 Å². The van der Waals surface area contributed by atoms with Crippen molar-refractivity contribution < 1.29 is 14.2 Å². The lowest BCUT2D eigenvalue weighted by molar-refractivity contribution is 0.129. The SMILES string of the molecule is CCCOc1ccc(OCCSCC2CCCO2)cc1. The van der Waals surface area contributed by atoms with Crippen molar-refractivity contribution in [3.05, 3.63) is 24.3 Å². The van der Waals surface area contributed by atoms with E-state index in [1.807, 2.05) is 36.0 Å². The Morgan fingerprint density at radius 2 is 1.85 bits per heavy atom. The molecule has 0 aromatic heterocycles. The van der Waals surface area contributed by atoms with Gasteiger partial charge in [-0.05, 0) is 43.5 Å². The van der Waals surface area contributed by atoms with E-state index in [2.05, 4.69) is 6.92 Å². The molecular formula is C16H24O3S. The molecule has 3 nitrogen and oxygen atoms in total. The number of thioether (sulfide) groups is 1. The van der Waals surface area contributed by atoms with Crippen LogP contribution in [0.3, 0.4) is 0 Å². The Labute approximate surface area is 126 Å². The van der Waals surface area contributed by atoms with Gasteiger partial charge in [0.1, 0.15) is 11.5 Å². The van der Waals surface area contributed by atoms with E-state index in [0.29, 0.717) is 6.10 Å². The normalized spacial score (nSPS) is 18.1. The van der Waals surface area contributed by atoms with Crippen molar-refractivity contribution in [3.8, 4) is 11.5 Å². The molecule has 2 rings (SSSR count). The lowest BCUT2D eigenvalue weighted by atomic mass is 10.3. The van der Waals surface area contributed by atoms with Crippen LogP contribution in [0.2, 0.25) is 0 Å². The zero-order chi connectivity index (χ0) is 14.0. The standard InChI is InChI=1S/C16H24O3S/c1-2-9-17-14-5-7-15(8-6-14)19-11-12-20-13-16-4-3-10-18-16/h5-8,16H,2-4,9-13H2,1H3. The molecule has 1 atom stereocenters. The number of ether oxygens (including phenoxy) is 3. The fraction of sp³-hybridized carbons (Fsp3) is 0.625. The van der Waals surface area contributed by atoms with E-state index in [9.17, 15) is 0 Å². The predicted octanol–water partition coefficient (Wildman–Crippen LogP) is 3.77. The Hall–Kier alpha value is -0.870. The highest BCUT2D eigenvalue weighted by Crippen LogP contribution is 2.19. The van der Waals surface area contributed by atoms with Gasteiger partial charge in [0.25, 0.3) is 0 Å². The molecule has 0 spiro atoms. The molecule has 0 aliphatic carbocycles. The van der Waals surface area contributed by atoms with Crippen molar-refractivity contribution in [1.82, 2.24) is 0 Å². The summed E-state index contributed by atoms with van der Waals surface area (Å²) >= 11 is 1.91. The van der Waals surface area contributed by atoms with E-state index < -0.39 is 0 Å². The lowest BCUT2D eigenvalue weighted by Gasteiger charge is -2.10. The first-order valence-corrected chi connectivity index (χ1v) is 8.59. The molecule has 1 saturated heterocycles. The Balaban J connectivity index is 1.56. The maximum absolute atomic E-state index is 5.71. The fourth-order valence-electron chi connectivity index (χ4n) is 2.06. The Morgan fingerprint density at radius 1 is 1.15 bits per heavy atom. The van der Waals surface area contributed by atoms with Gasteiger partial charge >= 0.3 is 0 Å². The van der Waals surface area contributed by atoms with Crippen LogP contribution in [-0.2, 0) is 4.74 Å². The lowest BCUT2D eigenvalue weighted by Crippen LogP contribution is -2.10.